The second kappa shape index (κ2) is 6.62. The fourth-order valence-electron chi connectivity index (χ4n) is 2.00. The highest BCUT2D eigenvalue weighted by molar-refractivity contribution is 6.50. The quantitative estimate of drug-likeness (QED) is 0.700. The zero-order chi connectivity index (χ0) is 16.2. The van der Waals surface area contributed by atoms with E-state index < -0.39 is 0 Å². The average molecular weight is 331 g/mol. The summed E-state index contributed by atoms with van der Waals surface area (Å²) in [5, 5.41) is 4.13. The molecule has 0 fully saturated rings. The van der Waals surface area contributed by atoms with Crippen molar-refractivity contribution in [3.05, 3.63) is 65.8 Å². The van der Waals surface area contributed by atoms with Gasteiger partial charge in [0.2, 0.25) is 5.82 Å². The van der Waals surface area contributed by atoms with E-state index in [1.165, 1.54) is 12.1 Å². The highest BCUT2D eigenvalue weighted by Crippen LogP contribution is 2.25. The fraction of sp³-hybridized carbons (Fsp3) is 0.0588. The summed E-state index contributed by atoms with van der Waals surface area (Å²) >= 11 is 6.17. The summed E-state index contributed by atoms with van der Waals surface area (Å²) in [6.07, 6.45) is 1.56. The average Bonchev–Trinajstić information content (AvgIpc) is 3.05. The van der Waals surface area contributed by atoms with Gasteiger partial charge in [0.15, 0.2) is 0 Å². The van der Waals surface area contributed by atoms with E-state index >= 15 is 0 Å². The van der Waals surface area contributed by atoms with Crippen LogP contribution in [0.15, 0.2) is 53.1 Å². The number of ether oxygens (including phenoxy) is 1. The van der Waals surface area contributed by atoms with Gasteiger partial charge < -0.3 is 9.26 Å². The molecule has 4 nitrogen and oxygen atoms in total. The lowest BCUT2D eigenvalue weighted by Crippen LogP contribution is -1.85. The summed E-state index contributed by atoms with van der Waals surface area (Å²) in [4.78, 5) is 4.25. The molecular weight excluding hydrogens is 319 g/mol. The van der Waals surface area contributed by atoms with Crippen molar-refractivity contribution >= 4 is 22.7 Å². The van der Waals surface area contributed by atoms with Crippen LogP contribution in [-0.2, 0) is 0 Å². The molecule has 0 unspecified atom stereocenters. The highest BCUT2D eigenvalue weighted by atomic mass is 35.5. The molecule has 2 aromatic carbocycles. The number of benzene rings is 2. The third kappa shape index (κ3) is 3.57. The van der Waals surface area contributed by atoms with E-state index in [-0.39, 0.29) is 16.7 Å². The Hall–Kier alpha value is -2.66. The summed E-state index contributed by atoms with van der Waals surface area (Å²) in [5.74, 6) is 0.902. The topological polar surface area (TPSA) is 48.2 Å². The maximum absolute atomic E-state index is 13.2. The van der Waals surface area contributed by atoms with E-state index in [4.69, 9.17) is 20.9 Å². The van der Waals surface area contributed by atoms with Gasteiger partial charge in [0, 0.05) is 5.56 Å². The summed E-state index contributed by atoms with van der Waals surface area (Å²) in [6, 6.07) is 13.3. The Morgan fingerprint density at radius 1 is 1.22 bits per heavy atom. The van der Waals surface area contributed by atoms with Crippen molar-refractivity contribution in [3.8, 4) is 17.1 Å². The fourth-order valence-corrected chi connectivity index (χ4v) is 2.21. The van der Waals surface area contributed by atoms with Crippen molar-refractivity contribution in [2.24, 2.45) is 0 Å². The summed E-state index contributed by atoms with van der Waals surface area (Å²) in [7, 11) is 1.58. The lowest BCUT2D eigenvalue weighted by atomic mass is 10.2. The number of aromatic nitrogens is 2. The molecule has 0 saturated heterocycles. The van der Waals surface area contributed by atoms with E-state index in [2.05, 4.69) is 10.1 Å². The van der Waals surface area contributed by atoms with Gasteiger partial charge in [-0.2, -0.15) is 4.98 Å². The first kappa shape index (κ1) is 15.2. The van der Waals surface area contributed by atoms with Crippen molar-refractivity contribution in [1.82, 2.24) is 10.1 Å². The van der Waals surface area contributed by atoms with E-state index in [0.29, 0.717) is 17.1 Å². The summed E-state index contributed by atoms with van der Waals surface area (Å²) < 4.78 is 23.5. The van der Waals surface area contributed by atoms with Gasteiger partial charge in [0.25, 0.3) is 5.89 Å². The first-order valence-corrected chi connectivity index (χ1v) is 7.15. The third-order valence-electron chi connectivity index (χ3n) is 3.10. The minimum absolute atomic E-state index is 0.161. The van der Waals surface area contributed by atoms with Crippen molar-refractivity contribution in [2.45, 2.75) is 0 Å². The number of hydrogen-bond acceptors (Lipinski definition) is 4. The van der Waals surface area contributed by atoms with Crippen LogP contribution >= 0.6 is 11.6 Å². The van der Waals surface area contributed by atoms with Crippen LogP contribution in [0.25, 0.3) is 22.5 Å². The molecule has 0 atom stereocenters. The largest absolute Gasteiger partial charge is 0.497 e. The molecule has 0 N–H and O–H groups in total. The molecule has 0 bridgehead atoms. The molecule has 0 saturated carbocycles. The Kier molecular flexibility index (Phi) is 4.39. The van der Waals surface area contributed by atoms with Crippen LogP contribution in [0.4, 0.5) is 4.39 Å². The van der Waals surface area contributed by atoms with E-state index in [0.717, 1.165) is 5.56 Å². The standard InChI is InChI=1S/C17H12ClFN2O2/c1-22-14-7-3-5-12(10-14)16-20-17(23-21-16)15(18)9-11-4-2-6-13(19)8-11/h2-10H,1H3/b15-9-. The molecule has 1 aromatic heterocycles. The van der Waals surface area contributed by atoms with Gasteiger partial charge in [-0.05, 0) is 35.9 Å². The second-order valence-corrected chi connectivity index (χ2v) is 5.11. The second-order valence-electron chi connectivity index (χ2n) is 4.70. The number of methoxy groups -OCH3 is 1. The molecule has 116 valence electrons. The van der Waals surface area contributed by atoms with Crippen LogP contribution < -0.4 is 4.74 Å². The molecule has 0 radical (unpaired) electrons. The molecule has 0 aliphatic heterocycles. The molecular formula is C17H12ClFN2O2. The Bertz CT molecular complexity index is 861. The van der Waals surface area contributed by atoms with Crippen molar-refractivity contribution in [1.29, 1.82) is 0 Å². The highest BCUT2D eigenvalue weighted by Gasteiger charge is 2.12. The summed E-state index contributed by atoms with van der Waals surface area (Å²) in [6.45, 7) is 0. The smallest absolute Gasteiger partial charge is 0.269 e. The van der Waals surface area contributed by atoms with Crippen LogP contribution in [0.1, 0.15) is 11.5 Å². The van der Waals surface area contributed by atoms with Crippen molar-refractivity contribution < 1.29 is 13.7 Å². The van der Waals surface area contributed by atoms with Crippen molar-refractivity contribution in [3.63, 3.8) is 0 Å². The van der Waals surface area contributed by atoms with Gasteiger partial charge in [0.05, 0.1) is 7.11 Å². The molecule has 23 heavy (non-hydrogen) atoms. The predicted molar refractivity (Wildman–Crippen MR) is 86.4 cm³/mol. The third-order valence-corrected chi connectivity index (χ3v) is 3.37. The van der Waals surface area contributed by atoms with E-state index in [9.17, 15) is 4.39 Å². The maximum atomic E-state index is 13.2. The SMILES string of the molecule is COc1cccc(-c2noc(/C(Cl)=C/c3cccc(F)c3)n2)c1. The lowest BCUT2D eigenvalue weighted by molar-refractivity contribution is 0.409. The molecule has 1 heterocycles. The van der Waals surface area contributed by atoms with Gasteiger partial charge in [-0.1, -0.05) is 41.0 Å². The van der Waals surface area contributed by atoms with Gasteiger partial charge >= 0.3 is 0 Å². The summed E-state index contributed by atoms with van der Waals surface area (Å²) in [5.41, 5.74) is 1.35. The van der Waals surface area contributed by atoms with Crippen molar-refractivity contribution in [2.75, 3.05) is 7.11 Å². The molecule has 0 aliphatic rings. The van der Waals surface area contributed by atoms with Gasteiger partial charge in [-0.15, -0.1) is 0 Å². The van der Waals surface area contributed by atoms with Crippen LogP contribution in [0, 0.1) is 5.82 Å². The Morgan fingerprint density at radius 3 is 2.83 bits per heavy atom. The normalized spacial score (nSPS) is 11.5. The van der Waals surface area contributed by atoms with Crippen LogP contribution in [0.3, 0.4) is 0 Å². The lowest BCUT2D eigenvalue weighted by Gasteiger charge is -1.99. The maximum Gasteiger partial charge on any atom is 0.269 e. The number of halogens is 2. The number of nitrogens with zero attached hydrogens (tertiary/aromatic N) is 2. The number of rotatable bonds is 4. The predicted octanol–water partition coefficient (Wildman–Crippen LogP) is 4.62. The van der Waals surface area contributed by atoms with Crippen LogP contribution in [-0.4, -0.2) is 17.3 Å². The molecule has 6 heteroatoms. The Balaban J connectivity index is 1.89. The van der Waals surface area contributed by atoms with E-state index in [1.54, 1.807) is 31.4 Å². The first-order chi connectivity index (χ1) is 11.2. The Morgan fingerprint density at radius 2 is 2.04 bits per heavy atom. The number of hydrogen-bond donors (Lipinski definition) is 0. The Labute approximate surface area is 137 Å². The molecule has 0 aliphatic carbocycles. The van der Waals surface area contributed by atoms with Gasteiger partial charge in [-0.25, -0.2) is 4.39 Å². The minimum Gasteiger partial charge on any atom is -0.497 e. The van der Waals surface area contributed by atoms with E-state index in [1.807, 2.05) is 18.2 Å². The molecule has 0 amide bonds. The minimum atomic E-state index is -0.342. The molecule has 3 rings (SSSR count). The zero-order valence-corrected chi connectivity index (χ0v) is 12.9. The van der Waals surface area contributed by atoms with Gasteiger partial charge in [-0.3, -0.25) is 0 Å². The molecule has 3 aromatic rings. The van der Waals surface area contributed by atoms with Crippen LogP contribution in [0.5, 0.6) is 5.75 Å². The monoisotopic (exact) mass is 330 g/mol. The van der Waals surface area contributed by atoms with Crippen LogP contribution in [0.2, 0.25) is 0 Å². The first-order valence-electron chi connectivity index (χ1n) is 6.77. The van der Waals surface area contributed by atoms with Gasteiger partial charge in [0.1, 0.15) is 16.6 Å². The molecule has 0 spiro atoms. The zero-order valence-electron chi connectivity index (χ0n) is 12.2.